The Morgan fingerprint density at radius 3 is 2.65 bits per heavy atom. The molecule has 0 fully saturated rings. The normalized spacial score (nSPS) is 10.3. The minimum absolute atomic E-state index is 0.301. The first kappa shape index (κ1) is 12.3. The Kier molecular flexibility index (Phi) is 3.91. The summed E-state index contributed by atoms with van der Waals surface area (Å²) in [5.41, 5.74) is 0.666. The van der Waals surface area contributed by atoms with E-state index in [0.717, 1.165) is 0 Å². The molecular weight excluding hydrogens is 310 g/mol. The lowest BCUT2D eigenvalue weighted by Gasteiger charge is -2.04. The van der Waals surface area contributed by atoms with Crippen molar-refractivity contribution in [3.05, 3.63) is 46.3 Å². The molecule has 0 saturated carbocycles. The zero-order chi connectivity index (χ0) is 12.3. The van der Waals surface area contributed by atoms with Crippen molar-refractivity contribution in [2.75, 3.05) is 0 Å². The molecule has 0 aliphatic rings. The van der Waals surface area contributed by atoms with Crippen LogP contribution >= 0.6 is 27.5 Å². The quantitative estimate of drug-likeness (QED) is 0.805. The van der Waals surface area contributed by atoms with Crippen LogP contribution in [0.5, 0.6) is 11.6 Å². The molecule has 0 amide bonds. The zero-order valence-electron chi connectivity index (χ0n) is 8.53. The Morgan fingerprint density at radius 2 is 2.06 bits per heavy atom. The number of benzene rings is 1. The largest absolute Gasteiger partial charge is 0.437 e. The number of ether oxygens (including phenoxy) is 1. The standard InChI is InChI=1S/C11H7BrClFN2O/c12-9-5-8(2-3-10(9)14)17-11-4-1-7(6-13)15-16-11/h1-5H,6H2. The summed E-state index contributed by atoms with van der Waals surface area (Å²) in [7, 11) is 0. The van der Waals surface area contributed by atoms with Crippen molar-refractivity contribution < 1.29 is 9.13 Å². The lowest BCUT2D eigenvalue weighted by atomic mass is 10.3. The molecule has 0 atom stereocenters. The van der Waals surface area contributed by atoms with Crippen LogP contribution in [-0.2, 0) is 5.88 Å². The third-order valence-electron chi connectivity index (χ3n) is 1.95. The summed E-state index contributed by atoms with van der Waals surface area (Å²) >= 11 is 8.66. The zero-order valence-corrected chi connectivity index (χ0v) is 10.9. The molecule has 17 heavy (non-hydrogen) atoms. The number of rotatable bonds is 3. The van der Waals surface area contributed by atoms with Gasteiger partial charge in [0.1, 0.15) is 11.6 Å². The number of aromatic nitrogens is 2. The van der Waals surface area contributed by atoms with Crippen molar-refractivity contribution in [3.63, 3.8) is 0 Å². The van der Waals surface area contributed by atoms with Gasteiger partial charge in [-0.1, -0.05) is 0 Å². The van der Waals surface area contributed by atoms with Crippen LogP contribution in [0.15, 0.2) is 34.8 Å². The lowest BCUT2D eigenvalue weighted by molar-refractivity contribution is 0.452. The molecule has 0 radical (unpaired) electrons. The summed E-state index contributed by atoms with van der Waals surface area (Å²) in [4.78, 5) is 0. The van der Waals surface area contributed by atoms with Crippen LogP contribution in [0.1, 0.15) is 5.69 Å². The van der Waals surface area contributed by atoms with Crippen molar-refractivity contribution in [2.45, 2.75) is 5.88 Å². The molecule has 1 aromatic heterocycles. The summed E-state index contributed by atoms with van der Waals surface area (Å²) < 4.78 is 18.7. The van der Waals surface area contributed by atoms with Crippen molar-refractivity contribution in [1.82, 2.24) is 10.2 Å². The lowest BCUT2D eigenvalue weighted by Crippen LogP contribution is -1.93. The molecule has 2 rings (SSSR count). The molecule has 0 spiro atoms. The maximum atomic E-state index is 13.0. The van der Waals surface area contributed by atoms with Crippen LogP contribution < -0.4 is 4.74 Å². The molecule has 1 aromatic carbocycles. The smallest absolute Gasteiger partial charge is 0.238 e. The molecule has 0 unspecified atom stereocenters. The summed E-state index contributed by atoms with van der Waals surface area (Å²) in [6.07, 6.45) is 0. The predicted octanol–water partition coefficient (Wildman–Crippen LogP) is 3.91. The fourth-order valence-electron chi connectivity index (χ4n) is 1.13. The SMILES string of the molecule is Fc1ccc(Oc2ccc(CCl)nn2)cc1Br. The topological polar surface area (TPSA) is 35.0 Å². The van der Waals surface area contributed by atoms with E-state index in [1.165, 1.54) is 18.2 Å². The second-order valence-corrected chi connectivity index (χ2v) is 4.30. The van der Waals surface area contributed by atoms with Crippen molar-refractivity contribution in [2.24, 2.45) is 0 Å². The van der Waals surface area contributed by atoms with Crippen molar-refractivity contribution in [1.29, 1.82) is 0 Å². The first-order valence-corrected chi connectivity index (χ1v) is 6.03. The van der Waals surface area contributed by atoms with Crippen LogP contribution in [0.2, 0.25) is 0 Å². The fourth-order valence-corrected chi connectivity index (χ4v) is 1.63. The minimum Gasteiger partial charge on any atom is -0.437 e. The number of hydrogen-bond acceptors (Lipinski definition) is 3. The number of hydrogen-bond donors (Lipinski definition) is 0. The van der Waals surface area contributed by atoms with Gasteiger partial charge in [0.2, 0.25) is 5.88 Å². The third-order valence-corrected chi connectivity index (χ3v) is 2.83. The van der Waals surface area contributed by atoms with E-state index in [9.17, 15) is 4.39 Å². The predicted molar refractivity (Wildman–Crippen MR) is 65.8 cm³/mol. The molecule has 0 N–H and O–H groups in total. The first-order chi connectivity index (χ1) is 8.19. The fraction of sp³-hybridized carbons (Fsp3) is 0.0909. The van der Waals surface area contributed by atoms with E-state index in [-0.39, 0.29) is 5.82 Å². The molecule has 1 heterocycles. The van der Waals surface area contributed by atoms with Crippen molar-refractivity contribution in [3.8, 4) is 11.6 Å². The van der Waals surface area contributed by atoms with E-state index in [4.69, 9.17) is 16.3 Å². The molecule has 88 valence electrons. The highest BCUT2D eigenvalue weighted by molar-refractivity contribution is 9.10. The average molecular weight is 318 g/mol. The molecular formula is C11H7BrClFN2O. The second kappa shape index (κ2) is 5.42. The summed E-state index contributed by atoms with van der Waals surface area (Å²) in [5.74, 6) is 0.763. The van der Waals surface area contributed by atoms with E-state index in [2.05, 4.69) is 26.1 Å². The van der Waals surface area contributed by atoms with E-state index < -0.39 is 0 Å². The Morgan fingerprint density at radius 1 is 1.24 bits per heavy atom. The van der Waals surface area contributed by atoms with Gasteiger partial charge in [-0.05, 0) is 40.2 Å². The molecule has 3 nitrogen and oxygen atoms in total. The molecule has 0 saturated heterocycles. The average Bonchev–Trinajstić information content (AvgIpc) is 2.35. The minimum atomic E-state index is -0.346. The van der Waals surface area contributed by atoms with Crippen LogP contribution in [0, 0.1) is 5.82 Å². The van der Waals surface area contributed by atoms with Gasteiger partial charge >= 0.3 is 0 Å². The summed E-state index contributed by atoms with van der Waals surface area (Å²) in [6, 6.07) is 7.71. The Bertz CT molecular complexity index is 521. The maximum Gasteiger partial charge on any atom is 0.238 e. The van der Waals surface area contributed by atoms with Gasteiger partial charge in [0.15, 0.2) is 0 Å². The van der Waals surface area contributed by atoms with E-state index in [1.807, 2.05) is 0 Å². The van der Waals surface area contributed by atoms with Crippen LogP contribution in [0.4, 0.5) is 4.39 Å². The number of alkyl halides is 1. The second-order valence-electron chi connectivity index (χ2n) is 3.17. The van der Waals surface area contributed by atoms with E-state index >= 15 is 0 Å². The summed E-state index contributed by atoms with van der Waals surface area (Å²) in [6.45, 7) is 0. The van der Waals surface area contributed by atoms with Gasteiger partial charge in [-0.2, -0.15) is 5.10 Å². The molecule has 0 aliphatic carbocycles. The summed E-state index contributed by atoms with van der Waals surface area (Å²) in [5, 5.41) is 7.67. The van der Waals surface area contributed by atoms with Gasteiger partial charge < -0.3 is 4.74 Å². The number of nitrogens with zero attached hydrogens (tertiary/aromatic N) is 2. The van der Waals surface area contributed by atoms with Crippen LogP contribution in [0.25, 0.3) is 0 Å². The highest BCUT2D eigenvalue weighted by Gasteiger charge is 2.04. The van der Waals surface area contributed by atoms with E-state index in [0.29, 0.717) is 27.7 Å². The van der Waals surface area contributed by atoms with Gasteiger partial charge in [-0.3, -0.25) is 0 Å². The van der Waals surface area contributed by atoms with Gasteiger partial charge in [0.05, 0.1) is 16.0 Å². The highest BCUT2D eigenvalue weighted by Crippen LogP contribution is 2.25. The monoisotopic (exact) mass is 316 g/mol. The van der Waals surface area contributed by atoms with Crippen LogP contribution in [-0.4, -0.2) is 10.2 Å². The van der Waals surface area contributed by atoms with Gasteiger partial charge in [0.25, 0.3) is 0 Å². The van der Waals surface area contributed by atoms with Gasteiger partial charge in [0, 0.05) is 6.07 Å². The van der Waals surface area contributed by atoms with Gasteiger partial charge in [-0.25, -0.2) is 4.39 Å². The maximum absolute atomic E-state index is 13.0. The number of halogens is 3. The van der Waals surface area contributed by atoms with Gasteiger partial charge in [-0.15, -0.1) is 16.7 Å². The molecule has 0 bridgehead atoms. The first-order valence-electron chi connectivity index (χ1n) is 4.70. The highest BCUT2D eigenvalue weighted by atomic mass is 79.9. The molecule has 6 heteroatoms. The molecule has 2 aromatic rings. The molecule has 0 aliphatic heterocycles. The van der Waals surface area contributed by atoms with Crippen molar-refractivity contribution >= 4 is 27.5 Å². The Labute approximate surface area is 111 Å². The third kappa shape index (κ3) is 3.14. The van der Waals surface area contributed by atoms with E-state index in [1.54, 1.807) is 12.1 Å². The Balaban J connectivity index is 2.16. The van der Waals surface area contributed by atoms with Crippen LogP contribution in [0.3, 0.4) is 0 Å². The Hall–Kier alpha value is -1.20.